The molecule has 104 valence electrons. The van der Waals surface area contributed by atoms with Crippen molar-refractivity contribution in [1.29, 1.82) is 0 Å². The lowest BCUT2D eigenvalue weighted by molar-refractivity contribution is 0.0545. The molecule has 1 rings (SSSR count). The lowest BCUT2D eigenvalue weighted by Gasteiger charge is -2.33. The average molecular weight is 251 g/mol. The molecule has 0 aromatic heterocycles. The number of nitrogens with zero attached hydrogens (tertiary/aromatic N) is 1. The van der Waals surface area contributed by atoms with Crippen molar-refractivity contribution in [1.82, 2.24) is 4.90 Å². The van der Waals surface area contributed by atoms with E-state index in [0.29, 0.717) is 5.92 Å². The molecule has 0 aliphatic carbocycles. The van der Waals surface area contributed by atoms with Crippen LogP contribution in [-0.2, 0) is 4.74 Å². The Bertz CT molecular complexity index is 309. The van der Waals surface area contributed by atoms with Gasteiger partial charge in [0.05, 0.1) is 13.2 Å². The fourth-order valence-electron chi connectivity index (χ4n) is 2.79. The van der Waals surface area contributed by atoms with E-state index in [-0.39, 0.29) is 0 Å². The quantitative estimate of drug-likeness (QED) is 0.685. The summed E-state index contributed by atoms with van der Waals surface area (Å²) in [6, 6.07) is 0. The molecule has 0 spiro atoms. The molecule has 0 saturated carbocycles. The van der Waals surface area contributed by atoms with Crippen molar-refractivity contribution in [2.75, 3.05) is 26.3 Å². The monoisotopic (exact) mass is 251 g/mol. The molecule has 1 fully saturated rings. The van der Waals surface area contributed by atoms with Crippen LogP contribution in [-0.4, -0.2) is 31.2 Å². The third kappa shape index (κ3) is 3.88. The van der Waals surface area contributed by atoms with E-state index in [9.17, 15) is 0 Å². The summed E-state index contributed by atoms with van der Waals surface area (Å²) in [6.07, 6.45) is 4.62. The molecule has 0 unspecified atom stereocenters. The predicted octanol–water partition coefficient (Wildman–Crippen LogP) is 4.00. The summed E-state index contributed by atoms with van der Waals surface area (Å²) < 4.78 is 5.46. The van der Waals surface area contributed by atoms with Crippen LogP contribution in [0.3, 0.4) is 0 Å². The molecule has 0 bridgehead atoms. The van der Waals surface area contributed by atoms with Gasteiger partial charge in [0.15, 0.2) is 0 Å². The molecule has 0 atom stereocenters. The smallest absolute Gasteiger partial charge is 0.0642 e. The second-order valence-corrected chi connectivity index (χ2v) is 5.26. The fourth-order valence-corrected chi connectivity index (χ4v) is 2.79. The van der Waals surface area contributed by atoms with E-state index < -0.39 is 0 Å². The van der Waals surface area contributed by atoms with Crippen molar-refractivity contribution in [3.8, 4) is 0 Å². The number of hydrogen-bond acceptors (Lipinski definition) is 2. The third-order valence-corrected chi connectivity index (χ3v) is 3.69. The topological polar surface area (TPSA) is 12.5 Å². The molecular weight excluding hydrogens is 222 g/mol. The van der Waals surface area contributed by atoms with E-state index >= 15 is 0 Å². The zero-order chi connectivity index (χ0) is 13.5. The van der Waals surface area contributed by atoms with Gasteiger partial charge in [0.25, 0.3) is 0 Å². The first-order valence-electron chi connectivity index (χ1n) is 7.34. The molecule has 2 nitrogen and oxygen atoms in total. The molecule has 0 amide bonds. The SMILES string of the molecule is CC/C=C(\C(C)=C(/CC)C(C)C)N1CCOCC1. The highest BCUT2D eigenvalue weighted by Crippen LogP contribution is 2.26. The Hall–Kier alpha value is -0.760. The van der Waals surface area contributed by atoms with Crippen LogP contribution in [0.25, 0.3) is 0 Å². The van der Waals surface area contributed by atoms with Crippen molar-refractivity contribution in [2.24, 2.45) is 5.92 Å². The number of rotatable bonds is 5. The summed E-state index contributed by atoms with van der Waals surface area (Å²) in [5.74, 6) is 0.635. The lowest BCUT2D eigenvalue weighted by atomic mass is 9.93. The van der Waals surface area contributed by atoms with E-state index in [4.69, 9.17) is 4.74 Å². The maximum Gasteiger partial charge on any atom is 0.0642 e. The van der Waals surface area contributed by atoms with Crippen molar-refractivity contribution >= 4 is 0 Å². The summed E-state index contributed by atoms with van der Waals surface area (Å²) in [5, 5.41) is 0. The first kappa shape index (κ1) is 15.3. The summed E-state index contributed by atoms with van der Waals surface area (Å²) >= 11 is 0. The zero-order valence-electron chi connectivity index (χ0n) is 12.8. The molecule has 0 radical (unpaired) electrons. The van der Waals surface area contributed by atoms with Gasteiger partial charge in [0.2, 0.25) is 0 Å². The Labute approximate surface area is 113 Å². The Kier molecular flexibility index (Phi) is 6.48. The number of allylic oxidation sites excluding steroid dienone is 3. The molecule has 1 aliphatic heterocycles. The van der Waals surface area contributed by atoms with Gasteiger partial charge in [-0.05, 0) is 31.3 Å². The van der Waals surface area contributed by atoms with Crippen LogP contribution in [0, 0.1) is 5.92 Å². The van der Waals surface area contributed by atoms with E-state index in [0.717, 1.165) is 39.1 Å². The number of ether oxygens (including phenoxy) is 1. The molecule has 1 saturated heterocycles. The Morgan fingerprint density at radius 2 is 1.83 bits per heavy atom. The second-order valence-electron chi connectivity index (χ2n) is 5.26. The Morgan fingerprint density at radius 3 is 2.28 bits per heavy atom. The van der Waals surface area contributed by atoms with Gasteiger partial charge in [-0.3, -0.25) is 0 Å². The first-order chi connectivity index (χ1) is 8.61. The van der Waals surface area contributed by atoms with Crippen molar-refractivity contribution in [3.63, 3.8) is 0 Å². The average Bonchev–Trinajstić information content (AvgIpc) is 2.37. The molecule has 18 heavy (non-hydrogen) atoms. The van der Waals surface area contributed by atoms with Crippen molar-refractivity contribution in [2.45, 2.75) is 47.5 Å². The largest absolute Gasteiger partial charge is 0.378 e. The molecule has 1 aliphatic rings. The van der Waals surface area contributed by atoms with E-state index in [2.05, 4.69) is 45.6 Å². The Balaban J connectivity index is 3.00. The zero-order valence-corrected chi connectivity index (χ0v) is 12.8. The molecule has 0 aromatic carbocycles. The fraction of sp³-hybridized carbons (Fsp3) is 0.750. The lowest BCUT2D eigenvalue weighted by Crippen LogP contribution is -2.36. The number of hydrogen-bond donors (Lipinski definition) is 0. The van der Waals surface area contributed by atoms with Gasteiger partial charge in [-0.25, -0.2) is 0 Å². The minimum absolute atomic E-state index is 0.635. The van der Waals surface area contributed by atoms with Crippen LogP contribution < -0.4 is 0 Å². The maximum absolute atomic E-state index is 5.46. The molecule has 0 N–H and O–H groups in total. The van der Waals surface area contributed by atoms with Gasteiger partial charge in [-0.2, -0.15) is 0 Å². The summed E-state index contributed by atoms with van der Waals surface area (Å²) in [4.78, 5) is 2.49. The molecular formula is C16H29NO. The highest BCUT2D eigenvalue weighted by molar-refractivity contribution is 5.34. The summed E-state index contributed by atoms with van der Waals surface area (Å²) in [6.45, 7) is 15.1. The predicted molar refractivity (Wildman–Crippen MR) is 78.6 cm³/mol. The molecule has 1 heterocycles. The Morgan fingerprint density at radius 1 is 1.22 bits per heavy atom. The standard InChI is InChI=1S/C16H29NO/c1-6-8-16(17-9-11-18-12-10-17)14(5)15(7-2)13(3)4/h8,13H,6-7,9-12H2,1-5H3/b15-14+,16-8+. The molecule has 0 aromatic rings. The van der Waals surface area contributed by atoms with Gasteiger partial charge in [-0.1, -0.05) is 39.3 Å². The van der Waals surface area contributed by atoms with Gasteiger partial charge < -0.3 is 9.64 Å². The number of morpholine rings is 1. The van der Waals surface area contributed by atoms with Crippen LogP contribution in [0.4, 0.5) is 0 Å². The van der Waals surface area contributed by atoms with Crippen molar-refractivity contribution in [3.05, 3.63) is 22.9 Å². The summed E-state index contributed by atoms with van der Waals surface area (Å²) in [5.41, 5.74) is 4.50. The van der Waals surface area contributed by atoms with Crippen LogP contribution in [0.2, 0.25) is 0 Å². The van der Waals surface area contributed by atoms with Crippen LogP contribution in [0.15, 0.2) is 22.9 Å². The highest BCUT2D eigenvalue weighted by atomic mass is 16.5. The van der Waals surface area contributed by atoms with E-state index in [1.165, 1.54) is 11.3 Å². The highest BCUT2D eigenvalue weighted by Gasteiger charge is 2.17. The normalized spacial score (nSPS) is 19.2. The minimum Gasteiger partial charge on any atom is -0.378 e. The maximum atomic E-state index is 5.46. The minimum atomic E-state index is 0.635. The van der Waals surface area contributed by atoms with Crippen LogP contribution in [0.1, 0.15) is 47.5 Å². The van der Waals surface area contributed by atoms with Gasteiger partial charge in [0.1, 0.15) is 0 Å². The van der Waals surface area contributed by atoms with Crippen LogP contribution >= 0.6 is 0 Å². The van der Waals surface area contributed by atoms with Gasteiger partial charge in [-0.15, -0.1) is 0 Å². The van der Waals surface area contributed by atoms with Gasteiger partial charge in [0, 0.05) is 18.8 Å². The van der Waals surface area contributed by atoms with Crippen molar-refractivity contribution < 1.29 is 4.74 Å². The van der Waals surface area contributed by atoms with Gasteiger partial charge >= 0.3 is 0 Å². The van der Waals surface area contributed by atoms with E-state index in [1.807, 2.05) is 0 Å². The van der Waals surface area contributed by atoms with Crippen LogP contribution in [0.5, 0.6) is 0 Å². The second kappa shape index (κ2) is 7.63. The first-order valence-corrected chi connectivity index (χ1v) is 7.34. The molecule has 2 heteroatoms. The van der Waals surface area contributed by atoms with E-state index in [1.54, 1.807) is 5.57 Å². The third-order valence-electron chi connectivity index (χ3n) is 3.69. The summed E-state index contributed by atoms with van der Waals surface area (Å²) in [7, 11) is 0.